The van der Waals surface area contributed by atoms with Crippen molar-refractivity contribution < 1.29 is 9.53 Å². The largest absolute Gasteiger partial charge is 0.457 e. The molecule has 0 aliphatic carbocycles. The van der Waals surface area contributed by atoms with Crippen molar-refractivity contribution in [3.8, 4) is 22.8 Å². The fourth-order valence-electron chi connectivity index (χ4n) is 3.72. The highest BCUT2D eigenvalue weighted by Crippen LogP contribution is 2.29. The van der Waals surface area contributed by atoms with Gasteiger partial charge >= 0.3 is 0 Å². The number of hydrogen-bond acceptors (Lipinski definition) is 6. The molecule has 36 heavy (non-hydrogen) atoms. The van der Waals surface area contributed by atoms with Gasteiger partial charge in [-0.05, 0) is 52.3 Å². The highest BCUT2D eigenvalue weighted by Gasteiger charge is 2.13. The quantitative estimate of drug-likeness (QED) is 0.179. The lowest BCUT2D eigenvalue weighted by Gasteiger charge is -2.12. The van der Waals surface area contributed by atoms with Crippen LogP contribution in [0.2, 0.25) is 0 Å². The van der Waals surface area contributed by atoms with Crippen molar-refractivity contribution in [2.45, 2.75) is 0 Å². The molecule has 1 amide bonds. The maximum absolute atomic E-state index is 12.7. The van der Waals surface area contributed by atoms with Crippen LogP contribution in [-0.2, 0) is 0 Å². The van der Waals surface area contributed by atoms with Crippen molar-refractivity contribution in [2.75, 3.05) is 24.1 Å². The molecule has 4 N–H and O–H groups in total. The number of carbonyl (C=O) groups excluding carboxylic acids is 1. The van der Waals surface area contributed by atoms with Crippen molar-refractivity contribution in [3.05, 3.63) is 101 Å². The normalized spacial score (nSPS) is 10.8. The molecule has 0 unspecified atom stereocenters. The molecule has 0 aliphatic heterocycles. The number of nitrogen functional groups attached to an aromatic ring is 1. The first-order valence-electron chi connectivity index (χ1n) is 11.3. The molecule has 0 bridgehead atoms. The van der Waals surface area contributed by atoms with E-state index in [9.17, 15) is 4.79 Å². The molecule has 0 saturated carbocycles. The molecule has 2 aromatic heterocycles. The summed E-state index contributed by atoms with van der Waals surface area (Å²) in [5, 5.41) is 10.7. The molecule has 2 heterocycles. The highest BCUT2D eigenvalue weighted by molar-refractivity contribution is 9.10. The Morgan fingerprint density at radius 3 is 2.56 bits per heavy atom. The lowest BCUT2D eigenvalue weighted by molar-refractivity contribution is 0.0955. The molecule has 0 aliphatic rings. The first-order valence-corrected chi connectivity index (χ1v) is 12.1. The number of hydrogen-bond donors (Lipinski definition) is 3. The Morgan fingerprint density at radius 2 is 1.72 bits per heavy atom. The molecular formula is C27H23BrN6O2. The Morgan fingerprint density at radius 1 is 0.944 bits per heavy atom. The lowest BCUT2D eigenvalue weighted by Crippen LogP contribution is -2.29. The van der Waals surface area contributed by atoms with Crippen LogP contribution in [-0.4, -0.2) is 33.6 Å². The van der Waals surface area contributed by atoms with Gasteiger partial charge in [-0.3, -0.25) is 4.79 Å². The first kappa shape index (κ1) is 23.4. The third-order valence-corrected chi connectivity index (χ3v) is 6.02. The average Bonchev–Trinajstić information content (AvgIpc) is 3.28. The van der Waals surface area contributed by atoms with E-state index in [4.69, 9.17) is 15.5 Å². The number of nitrogens with zero attached hydrogens (tertiary/aromatic N) is 3. The number of para-hydroxylation sites is 2. The topological polar surface area (TPSA) is 107 Å². The molecule has 5 rings (SSSR count). The van der Waals surface area contributed by atoms with Gasteiger partial charge in [0.1, 0.15) is 17.3 Å². The van der Waals surface area contributed by atoms with Gasteiger partial charge in [0.15, 0.2) is 5.65 Å². The molecule has 8 nitrogen and oxygen atoms in total. The fourth-order valence-corrected chi connectivity index (χ4v) is 4.07. The average molecular weight is 543 g/mol. The molecule has 0 fully saturated rings. The summed E-state index contributed by atoms with van der Waals surface area (Å²) in [5.74, 6) is 1.86. The number of ether oxygens (including phenoxy) is 1. The lowest BCUT2D eigenvalue weighted by atomic mass is 10.1. The Labute approximate surface area is 216 Å². The van der Waals surface area contributed by atoms with E-state index in [1.165, 1.54) is 0 Å². The second kappa shape index (κ2) is 10.5. The number of nitrogens with one attached hydrogen (secondary N) is 2. The number of benzene rings is 3. The summed E-state index contributed by atoms with van der Waals surface area (Å²) >= 11 is 3.51. The van der Waals surface area contributed by atoms with E-state index >= 15 is 0 Å². The summed E-state index contributed by atoms with van der Waals surface area (Å²) in [5.41, 5.74) is 9.56. The number of aromatic nitrogens is 3. The number of halogens is 1. The van der Waals surface area contributed by atoms with Crippen LogP contribution >= 0.6 is 15.9 Å². The zero-order chi connectivity index (χ0) is 24.9. The molecule has 0 saturated heterocycles. The Hall–Kier alpha value is -4.37. The molecule has 9 heteroatoms. The number of fused-ring (bicyclic) bond motifs is 1. The standard InChI is InChI=1S/C27H23BrN6O2/c28-22-17-32-34-25(16-24(33-26(22)34)21-11-4-5-12-23(21)29)30-13-14-31-27(35)18-7-6-10-20(15-18)36-19-8-2-1-3-9-19/h1-12,15-17,30H,13-14,29H2,(H,31,35). The summed E-state index contributed by atoms with van der Waals surface area (Å²) < 4.78 is 8.31. The van der Waals surface area contributed by atoms with Crippen LogP contribution < -0.4 is 21.1 Å². The predicted molar refractivity (Wildman–Crippen MR) is 144 cm³/mol. The fraction of sp³-hybridized carbons (Fsp3) is 0.0741. The second-order valence-electron chi connectivity index (χ2n) is 7.97. The van der Waals surface area contributed by atoms with Crippen molar-refractivity contribution in [2.24, 2.45) is 0 Å². The van der Waals surface area contributed by atoms with E-state index in [0.29, 0.717) is 41.5 Å². The minimum Gasteiger partial charge on any atom is -0.457 e. The van der Waals surface area contributed by atoms with Gasteiger partial charge in [0.05, 0.1) is 16.4 Å². The van der Waals surface area contributed by atoms with Crippen molar-refractivity contribution in [1.82, 2.24) is 19.9 Å². The van der Waals surface area contributed by atoms with Crippen LogP contribution in [0.15, 0.2) is 95.6 Å². The van der Waals surface area contributed by atoms with E-state index in [1.54, 1.807) is 28.9 Å². The Bertz CT molecular complexity index is 1520. The number of anilines is 2. The Kier molecular flexibility index (Phi) is 6.81. The van der Waals surface area contributed by atoms with Crippen molar-refractivity contribution in [3.63, 3.8) is 0 Å². The number of rotatable bonds is 8. The molecule has 0 atom stereocenters. The maximum Gasteiger partial charge on any atom is 0.251 e. The zero-order valence-corrected chi connectivity index (χ0v) is 20.8. The third kappa shape index (κ3) is 5.16. The van der Waals surface area contributed by atoms with Crippen LogP contribution in [0, 0.1) is 0 Å². The van der Waals surface area contributed by atoms with Crippen LogP contribution in [0.3, 0.4) is 0 Å². The van der Waals surface area contributed by atoms with Crippen LogP contribution in [0.4, 0.5) is 11.5 Å². The van der Waals surface area contributed by atoms with Crippen LogP contribution in [0.1, 0.15) is 10.4 Å². The van der Waals surface area contributed by atoms with Gasteiger partial charge in [0, 0.05) is 36.0 Å². The van der Waals surface area contributed by atoms with Gasteiger partial charge in [-0.2, -0.15) is 9.61 Å². The van der Waals surface area contributed by atoms with E-state index < -0.39 is 0 Å². The van der Waals surface area contributed by atoms with E-state index in [2.05, 4.69) is 31.7 Å². The molecule has 5 aromatic rings. The first-order chi connectivity index (χ1) is 17.6. The molecule has 0 radical (unpaired) electrons. The summed E-state index contributed by atoms with van der Waals surface area (Å²) in [6, 6.07) is 26.0. The second-order valence-corrected chi connectivity index (χ2v) is 8.82. The summed E-state index contributed by atoms with van der Waals surface area (Å²) in [7, 11) is 0. The van der Waals surface area contributed by atoms with Gasteiger partial charge in [-0.25, -0.2) is 4.98 Å². The van der Waals surface area contributed by atoms with Gasteiger partial charge in [0.2, 0.25) is 0 Å². The monoisotopic (exact) mass is 542 g/mol. The van der Waals surface area contributed by atoms with Crippen molar-refractivity contribution in [1.29, 1.82) is 0 Å². The molecule has 180 valence electrons. The van der Waals surface area contributed by atoms with E-state index in [0.717, 1.165) is 21.5 Å². The SMILES string of the molecule is Nc1ccccc1-c1cc(NCCNC(=O)c2cccc(Oc3ccccc3)c2)n2ncc(Br)c2n1. The van der Waals surface area contributed by atoms with Gasteiger partial charge in [-0.15, -0.1) is 0 Å². The summed E-state index contributed by atoms with van der Waals surface area (Å²) in [6.45, 7) is 0.879. The zero-order valence-electron chi connectivity index (χ0n) is 19.2. The molecule has 0 spiro atoms. The minimum atomic E-state index is -0.185. The van der Waals surface area contributed by atoms with Gasteiger partial charge in [-0.1, -0.05) is 42.5 Å². The van der Waals surface area contributed by atoms with Gasteiger partial charge < -0.3 is 21.1 Å². The summed E-state index contributed by atoms with van der Waals surface area (Å²) in [6.07, 6.45) is 1.69. The Balaban J connectivity index is 1.25. The van der Waals surface area contributed by atoms with E-state index in [-0.39, 0.29) is 5.91 Å². The predicted octanol–water partition coefficient (Wildman–Crippen LogP) is 5.38. The summed E-state index contributed by atoms with van der Waals surface area (Å²) in [4.78, 5) is 17.4. The minimum absolute atomic E-state index is 0.185. The number of nitrogens with two attached hydrogens (primary N) is 1. The molecular weight excluding hydrogens is 520 g/mol. The van der Waals surface area contributed by atoms with Crippen molar-refractivity contribution >= 4 is 39.0 Å². The maximum atomic E-state index is 12.7. The van der Waals surface area contributed by atoms with Gasteiger partial charge in [0.25, 0.3) is 5.91 Å². The highest BCUT2D eigenvalue weighted by atomic mass is 79.9. The van der Waals surface area contributed by atoms with E-state index in [1.807, 2.05) is 66.7 Å². The van der Waals surface area contributed by atoms with Crippen LogP contribution in [0.25, 0.3) is 16.9 Å². The third-order valence-electron chi connectivity index (χ3n) is 5.46. The number of amides is 1. The molecule has 3 aromatic carbocycles. The number of carbonyl (C=O) groups is 1. The smallest absolute Gasteiger partial charge is 0.251 e. The van der Waals surface area contributed by atoms with Crippen LogP contribution in [0.5, 0.6) is 11.5 Å².